The molecule has 0 bridgehead atoms. The number of carbonyl (C=O) groups is 1. The molecule has 2 rings (SSSR count). The number of hydrogen-bond acceptors (Lipinski definition) is 4. The maximum absolute atomic E-state index is 12.4. The van der Waals surface area contributed by atoms with Gasteiger partial charge in [-0.05, 0) is 44.2 Å². The second-order valence-electron chi connectivity index (χ2n) is 5.97. The number of aromatic nitrogens is 2. The lowest BCUT2D eigenvalue weighted by molar-refractivity contribution is 0.0923. The smallest absolute Gasteiger partial charge is 0.253 e. The Kier molecular flexibility index (Phi) is 4.70. The molecule has 5 nitrogen and oxygen atoms in total. The summed E-state index contributed by atoms with van der Waals surface area (Å²) in [6.45, 7) is 8.80. The van der Waals surface area contributed by atoms with E-state index in [2.05, 4.69) is 27.8 Å². The van der Waals surface area contributed by atoms with Crippen LogP contribution in [0.1, 0.15) is 48.4 Å². The van der Waals surface area contributed by atoms with Crippen molar-refractivity contribution in [2.24, 2.45) is 5.41 Å². The molecule has 0 radical (unpaired) electrons. The Hall–Kier alpha value is -1.49. The van der Waals surface area contributed by atoms with Gasteiger partial charge in [0.15, 0.2) is 0 Å². The summed E-state index contributed by atoms with van der Waals surface area (Å²) in [5.74, 6) is -0.0355. The Morgan fingerprint density at radius 1 is 1.50 bits per heavy atom. The molecule has 110 valence electrons. The molecule has 2 heterocycles. The molecule has 0 spiro atoms. The van der Waals surface area contributed by atoms with E-state index in [1.54, 1.807) is 0 Å². The minimum Gasteiger partial charge on any atom is -0.351 e. The largest absolute Gasteiger partial charge is 0.351 e. The van der Waals surface area contributed by atoms with E-state index in [0.717, 1.165) is 37.3 Å². The molecule has 1 aliphatic rings. The van der Waals surface area contributed by atoms with Gasteiger partial charge < -0.3 is 10.6 Å². The van der Waals surface area contributed by atoms with Gasteiger partial charge in [0.1, 0.15) is 0 Å². The first kappa shape index (κ1) is 14.9. The van der Waals surface area contributed by atoms with Crippen LogP contribution in [-0.2, 0) is 6.42 Å². The summed E-state index contributed by atoms with van der Waals surface area (Å²) in [7, 11) is 0. The molecule has 20 heavy (non-hydrogen) atoms. The third-order valence-corrected chi connectivity index (χ3v) is 3.93. The van der Waals surface area contributed by atoms with Crippen LogP contribution in [0.2, 0.25) is 0 Å². The fourth-order valence-corrected chi connectivity index (χ4v) is 2.63. The van der Waals surface area contributed by atoms with Crippen molar-refractivity contribution in [1.29, 1.82) is 0 Å². The van der Waals surface area contributed by atoms with Gasteiger partial charge in [-0.2, -0.15) is 10.2 Å². The molecular formula is C15H24N4O. The van der Waals surface area contributed by atoms with Gasteiger partial charge in [-0.15, -0.1) is 0 Å². The zero-order valence-corrected chi connectivity index (χ0v) is 12.6. The number of piperidine rings is 1. The minimum atomic E-state index is -0.0355. The normalized spacial score (nSPS) is 22.6. The predicted octanol–water partition coefficient (Wildman–Crippen LogP) is 1.47. The molecule has 0 aromatic carbocycles. The van der Waals surface area contributed by atoms with Gasteiger partial charge in [0.2, 0.25) is 0 Å². The van der Waals surface area contributed by atoms with Crippen molar-refractivity contribution in [3.8, 4) is 0 Å². The highest BCUT2D eigenvalue weighted by Crippen LogP contribution is 2.24. The number of amides is 1. The Morgan fingerprint density at radius 2 is 2.30 bits per heavy atom. The zero-order chi connectivity index (χ0) is 14.6. The summed E-state index contributed by atoms with van der Waals surface area (Å²) < 4.78 is 0. The molecule has 1 saturated heterocycles. The molecule has 1 aliphatic heterocycles. The molecule has 0 aliphatic carbocycles. The van der Waals surface area contributed by atoms with E-state index >= 15 is 0 Å². The standard InChI is InChI=1S/C15H24N4O/c1-4-13-12(8-11(2)18-19-13)14(20)17-10-15(3)6-5-7-16-9-15/h8,16H,4-7,9-10H2,1-3H3,(H,17,20). The van der Waals surface area contributed by atoms with Crippen LogP contribution in [0.4, 0.5) is 0 Å². The molecule has 1 aromatic rings. The lowest BCUT2D eigenvalue weighted by Gasteiger charge is -2.34. The number of hydrogen-bond donors (Lipinski definition) is 2. The summed E-state index contributed by atoms with van der Waals surface area (Å²) in [6.07, 6.45) is 3.03. The van der Waals surface area contributed by atoms with Crippen molar-refractivity contribution in [2.45, 2.75) is 40.0 Å². The van der Waals surface area contributed by atoms with Gasteiger partial charge >= 0.3 is 0 Å². The van der Waals surface area contributed by atoms with Crippen LogP contribution in [0.25, 0.3) is 0 Å². The summed E-state index contributed by atoms with van der Waals surface area (Å²) in [5, 5.41) is 14.6. The number of nitrogens with zero attached hydrogens (tertiary/aromatic N) is 2. The molecule has 0 saturated carbocycles. The van der Waals surface area contributed by atoms with Gasteiger partial charge in [0, 0.05) is 13.1 Å². The topological polar surface area (TPSA) is 66.9 Å². The lowest BCUT2D eigenvalue weighted by Crippen LogP contribution is -2.45. The molecule has 1 amide bonds. The fraction of sp³-hybridized carbons (Fsp3) is 0.667. The molecule has 1 aromatic heterocycles. The van der Waals surface area contributed by atoms with E-state index in [1.807, 2.05) is 19.9 Å². The summed E-state index contributed by atoms with van der Waals surface area (Å²) >= 11 is 0. The summed E-state index contributed by atoms with van der Waals surface area (Å²) in [5.41, 5.74) is 2.35. The minimum absolute atomic E-state index is 0.0355. The van der Waals surface area contributed by atoms with Crippen LogP contribution in [-0.4, -0.2) is 35.7 Å². The lowest BCUT2D eigenvalue weighted by atomic mass is 9.83. The van der Waals surface area contributed by atoms with Gasteiger partial charge in [-0.3, -0.25) is 4.79 Å². The monoisotopic (exact) mass is 276 g/mol. The van der Waals surface area contributed by atoms with Crippen LogP contribution in [0.15, 0.2) is 6.07 Å². The highest BCUT2D eigenvalue weighted by Gasteiger charge is 2.27. The highest BCUT2D eigenvalue weighted by atomic mass is 16.1. The number of aryl methyl sites for hydroxylation is 2. The predicted molar refractivity (Wildman–Crippen MR) is 78.7 cm³/mol. The molecule has 2 N–H and O–H groups in total. The van der Waals surface area contributed by atoms with Crippen LogP contribution in [0.5, 0.6) is 0 Å². The third kappa shape index (κ3) is 3.54. The highest BCUT2D eigenvalue weighted by molar-refractivity contribution is 5.95. The molecule has 1 atom stereocenters. The second kappa shape index (κ2) is 6.31. The fourth-order valence-electron chi connectivity index (χ4n) is 2.63. The Labute approximate surface area is 120 Å². The Balaban J connectivity index is 2.03. The molecule has 1 fully saturated rings. The van der Waals surface area contributed by atoms with Crippen molar-refractivity contribution in [2.75, 3.05) is 19.6 Å². The van der Waals surface area contributed by atoms with E-state index in [9.17, 15) is 4.79 Å². The average Bonchev–Trinajstić information content (AvgIpc) is 2.45. The van der Waals surface area contributed by atoms with E-state index < -0.39 is 0 Å². The third-order valence-electron chi connectivity index (χ3n) is 3.93. The van der Waals surface area contributed by atoms with Gasteiger partial charge in [0.25, 0.3) is 5.91 Å². The van der Waals surface area contributed by atoms with Crippen LogP contribution in [0, 0.1) is 12.3 Å². The van der Waals surface area contributed by atoms with E-state index in [4.69, 9.17) is 0 Å². The van der Waals surface area contributed by atoms with Crippen LogP contribution in [0.3, 0.4) is 0 Å². The van der Waals surface area contributed by atoms with Crippen molar-refractivity contribution in [3.05, 3.63) is 23.0 Å². The van der Waals surface area contributed by atoms with Crippen molar-refractivity contribution < 1.29 is 4.79 Å². The van der Waals surface area contributed by atoms with Crippen molar-refractivity contribution in [1.82, 2.24) is 20.8 Å². The molecular weight excluding hydrogens is 252 g/mol. The Bertz CT molecular complexity index is 481. The zero-order valence-electron chi connectivity index (χ0n) is 12.6. The second-order valence-corrected chi connectivity index (χ2v) is 5.97. The Morgan fingerprint density at radius 3 is 2.95 bits per heavy atom. The quantitative estimate of drug-likeness (QED) is 0.874. The van der Waals surface area contributed by atoms with Crippen LogP contribution < -0.4 is 10.6 Å². The molecule has 5 heteroatoms. The summed E-state index contributed by atoms with van der Waals surface area (Å²) in [6, 6.07) is 1.82. The van der Waals surface area contributed by atoms with Gasteiger partial charge in [-0.25, -0.2) is 0 Å². The summed E-state index contributed by atoms with van der Waals surface area (Å²) in [4.78, 5) is 12.4. The average molecular weight is 276 g/mol. The van der Waals surface area contributed by atoms with E-state index in [1.165, 1.54) is 6.42 Å². The molecule has 1 unspecified atom stereocenters. The number of rotatable bonds is 4. The van der Waals surface area contributed by atoms with Crippen molar-refractivity contribution in [3.63, 3.8) is 0 Å². The van der Waals surface area contributed by atoms with E-state index in [-0.39, 0.29) is 11.3 Å². The number of carbonyl (C=O) groups excluding carboxylic acids is 1. The maximum atomic E-state index is 12.4. The first-order chi connectivity index (χ1) is 9.54. The van der Waals surface area contributed by atoms with E-state index in [0.29, 0.717) is 12.1 Å². The van der Waals surface area contributed by atoms with Crippen LogP contribution >= 0.6 is 0 Å². The van der Waals surface area contributed by atoms with Gasteiger partial charge in [0.05, 0.1) is 17.0 Å². The number of nitrogens with one attached hydrogen (secondary N) is 2. The maximum Gasteiger partial charge on any atom is 0.253 e. The van der Waals surface area contributed by atoms with Gasteiger partial charge in [-0.1, -0.05) is 13.8 Å². The van der Waals surface area contributed by atoms with Crippen molar-refractivity contribution >= 4 is 5.91 Å². The SMILES string of the molecule is CCc1nnc(C)cc1C(=O)NCC1(C)CCCNC1. The first-order valence-electron chi connectivity index (χ1n) is 7.36. The first-order valence-corrected chi connectivity index (χ1v) is 7.36.